The summed E-state index contributed by atoms with van der Waals surface area (Å²) in [6.07, 6.45) is 5.91. The molecule has 1 heterocycles. The number of benzene rings is 3. The Morgan fingerprint density at radius 2 is 1.33 bits per heavy atom. The first-order valence-electron chi connectivity index (χ1n) is 13.4. The fourth-order valence-electron chi connectivity index (χ4n) is 4.43. The number of rotatable bonds is 7. The van der Waals surface area contributed by atoms with Crippen LogP contribution in [-0.2, 0) is 44.1 Å². The van der Waals surface area contributed by atoms with Crippen LogP contribution in [0.25, 0.3) is 0 Å². The van der Waals surface area contributed by atoms with Crippen LogP contribution in [0, 0.1) is 13.8 Å². The molecule has 0 atom stereocenters. The molecule has 0 spiro atoms. The Labute approximate surface area is 274 Å². The van der Waals surface area contributed by atoms with Crippen molar-refractivity contribution in [2.24, 2.45) is 4.99 Å². The predicted octanol–water partition coefficient (Wildman–Crippen LogP) is 3.07. The quantitative estimate of drug-likeness (QED) is 0.371. The molecular formula is C33H43Cl2NO2Y-2. The van der Waals surface area contributed by atoms with E-state index in [4.69, 9.17) is 14.5 Å². The van der Waals surface area contributed by atoms with Gasteiger partial charge in [-0.25, -0.2) is 0 Å². The van der Waals surface area contributed by atoms with Crippen molar-refractivity contribution in [1.82, 2.24) is 0 Å². The molecule has 3 nitrogen and oxygen atoms in total. The molecule has 3 aromatic rings. The van der Waals surface area contributed by atoms with Gasteiger partial charge in [-0.3, -0.25) is 4.99 Å². The first kappa shape index (κ1) is 37.8. The third-order valence-corrected chi connectivity index (χ3v) is 6.51. The number of para-hydroxylation sites is 2. The second-order valence-corrected chi connectivity index (χ2v) is 10.3. The summed E-state index contributed by atoms with van der Waals surface area (Å²) in [5.74, 6) is 1.85. The van der Waals surface area contributed by atoms with Crippen molar-refractivity contribution in [2.75, 3.05) is 13.2 Å². The minimum atomic E-state index is 0. The van der Waals surface area contributed by atoms with E-state index >= 15 is 0 Å². The van der Waals surface area contributed by atoms with E-state index in [9.17, 15) is 0 Å². The van der Waals surface area contributed by atoms with Gasteiger partial charge in [-0.2, -0.15) is 0 Å². The number of ether oxygens (including phenoxy) is 2. The van der Waals surface area contributed by atoms with E-state index < -0.39 is 0 Å². The van der Waals surface area contributed by atoms with Gasteiger partial charge in [0.15, 0.2) is 0 Å². The van der Waals surface area contributed by atoms with Gasteiger partial charge in [0.1, 0.15) is 12.4 Å². The Bertz CT molecular complexity index is 1090. The summed E-state index contributed by atoms with van der Waals surface area (Å²) in [4.78, 5) is 4.94. The van der Waals surface area contributed by atoms with E-state index in [-0.39, 0.29) is 57.5 Å². The van der Waals surface area contributed by atoms with Gasteiger partial charge in [-0.15, -0.1) is 0 Å². The molecule has 1 aliphatic rings. The van der Waals surface area contributed by atoms with Gasteiger partial charge >= 0.3 is 0 Å². The fourth-order valence-corrected chi connectivity index (χ4v) is 4.43. The number of nitrogens with zero attached hydrogens (tertiary/aromatic N) is 1. The van der Waals surface area contributed by atoms with Crippen LogP contribution in [0.2, 0.25) is 0 Å². The average Bonchev–Trinajstić information content (AvgIpc) is 2.88. The molecule has 1 aliphatic heterocycles. The minimum Gasteiger partial charge on any atom is -1.00 e. The normalized spacial score (nSPS) is 12.6. The van der Waals surface area contributed by atoms with Gasteiger partial charge < -0.3 is 34.3 Å². The largest absolute Gasteiger partial charge is 1.00 e. The van der Waals surface area contributed by atoms with Gasteiger partial charge in [0.25, 0.3) is 0 Å². The first-order valence-corrected chi connectivity index (χ1v) is 13.4. The molecule has 1 saturated heterocycles. The minimum absolute atomic E-state index is 0. The van der Waals surface area contributed by atoms with Crippen molar-refractivity contribution in [1.29, 1.82) is 0 Å². The van der Waals surface area contributed by atoms with E-state index in [0.29, 0.717) is 18.4 Å². The molecule has 0 amide bonds. The van der Waals surface area contributed by atoms with Gasteiger partial charge in [0, 0.05) is 52.1 Å². The number of halogens is 2. The second kappa shape index (κ2) is 19.8. The Balaban J connectivity index is 0.00000142. The Kier molecular flexibility index (Phi) is 19.2. The van der Waals surface area contributed by atoms with Crippen LogP contribution in [0.1, 0.15) is 92.2 Å². The zero-order valence-corrected chi connectivity index (χ0v) is 28.7. The zero-order chi connectivity index (χ0) is 25.9. The SMILES string of the molecule is C1CCOCC1.Cc1cccc(C)c1OCc1cccc(C=Nc2c(C(C)C)cccc2C(C)C)c1.[Cl-].[Cl-].[Y]. The second-order valence-electron chi connectivity index (χ2n) is 10.3. The number of hydrogen-bond donors (Lipinski definition) is 0. The number of aryl methyl sites for hydroxylation is 2. The summed E-state index contributed by atoms with van der Waals surface area (Å²) in [5, 5.41) is 0. The Hall–Kier alpha value is -1.23. The van der Waals surface area contributed by atoms with Crippen molar-refractivity contribution in [3.8, 4) is 5.75 Å². The van der Waals surface area contributed by atoms with Crippen molar-refractivity contribution in [2.45, 2.75) is 79.2 Å². The van der Waals surface area contributed by atoms with E-state index in [0.717, 1.165) is 35.8 Å². The molecule has 39 heavy (non-hydrogen) atoms. The molecule has 1 fully saturated rings. The summed E-state index contributed by atoms with van der Waals surface area (Å²) in [6.45, 7) is 15.6. The van der Waals surface area contributed by atoms with Gasteiger partial charge in [0.05, 0.1) is 5.69 Å². The third kappa shape index (κ3) is 12.0. The van der Waals surface area contributed by atoms with E-state index in [1.807, 2.05) is 6.21 Å². The molecule has 3 aromatic carbocycles. The molecule has 0 aromatic heterocycles. The molecule has 0 aliphatic carbocycles. The summed E-state index contributed by atoms with van der Waals surface area (Å²) < 4.78 is 11.2. The zero-order valence-electron chi connectivity index (χ0n) is 24.3. The molecule has 0 N–H and O–H groups in total. The maximum absolute atomic E-state index is 6.13. The summed E-state index contributed by atoms with van der Waals surface area (Å²) in [7, 11) is 0. The molecule has 0 unspecified atom stereocenters. The average molecular weight is 646 g/mol. The standard InChI is InChI=1S/C28H33NO.C5H10O.2ClH.Y/c1-19(2)25-14-9-15-26(20(3)4)27(25)29-17-23-12-8-13-24(16-23)18-30-28-21(5)10-7-11-22(28)6;1-2-4-6-5-3-1;;;/h7-17,19-20H,18H2,1-6H3;1-5H2;2*1H;/p-2. The van der Waals surface area contributed by atoms with E-state index in [1.54, 1.807) is 0 Å². The van der Waals surface area contributed by atoms with Crippen molar-refractivity contribution in [3.05, 3.63) is 94.0 Å². The van der Waals surface area contributed by atoms with Crippen molar-refractivity contribution in [3.63, 3.8) is 0 Å². The monoisotopic (exact) mass is 644 g/mol. The van der Waals surface area contributed by atoms with E-state index in [2.05, 4.69) is 102 Å². The van der Waals surface area contributed by atoms with Crippen LogP contribution in [-0.4, -0.2) is 19.4 Å². The molecule has 6 heteroatoms. The smallest absolute Gasteiger partial charge is 0.125 e. The Morgan fingerprint density at radius 1 is 0.795 bits per heavy atom. The van der Waals surface area contributed by atoms with Crippen LogP contribution in [0.5, 0.6) is 5.75 Å². The van der Waals surface area contributed by atoms with Crippen LogP contribution in [0.15, 0.2) is 65.7 Å². The topological polar surface area (TPSA) is 30.8 Å². The number of aliphatic imine (C=N–C) groups is 1. The maximum Gasteiger partial charge on any atom is 0.125 e. The number of hydrogen-bond acceptors (Lipinski definition) is 3. The summed E-state index contributed by atoms with van der Waals surface area (Å²) in [5.41, 5.74) is 8.27. The molecule has 211 valence electrons. The first-order chi connectivity index (χ1) is 17.4. The van der Waals surface area contributed by atoms with Crippen LogP contribution in [0.3, 0.4) is 0 Å². The summed E-state index contributed by atoms with van der Waals surface area (Å²) in [6, 6.07) is 21.2. The molecule has 1 radical (unpaired) electrons. The van der Waals surface area contributed by atoms with Crippen molar-refractivity contribution >= 4 is 11.9 Å². The molecule has 0 saturated carbocycles. The fraction of sp³-hybridized carbons (Fsp3) is 0.424. The van der Waals surface area contributed by atoms with Crippen LogP contribution >= 0.6 is 0 Å². The van der Waals surface area contributed by atoms with Gasteiger partial charge in [-0.1, -0.05) is 82.3 Å². The van der Waals surface area contributed by atoms with Crippen LogP contribution in [0.4, 0.5) is 5.69 Å². The summed E-state index contributed by atoms with van der Waals surface area (Å²) >= 11 is 0. The predicted molar refractivity (Wildman–Crippen MR) is 153 cm³/mol. The molecular weight excluding hydrogens is 602 g/mol. The van der Waals surface area contributed by atoms with Crippen LogP contribution < -0.4 is 29.6 Å². The van der Waals surface area contributed by atoms with E-state index in [1.165, 1.54) is 41.5 Å². The maximum atomic E-state index is 6.13. The Morgan fingerprint density at radius 3 is 1.82 bits per heavy atom. The third-order valence-electron chi connectivity index (χ3n) is 6.51. The van der Waals surface area contributed by atoms with Gasteiger partial charge in [-0.05, 0) is 84.4 Å². The van der Waals surface area contributed by atoms with Gasteiger partial charge in [0.2, 0.25) is 0 Å². The molecule has 4 rings (SSSR count). The van der Waals surface area contributed by atoms with Crippen molar-refractivity contribution < 1.29 is 67.0 Å². The molecule has 0 bridgehead atoms.